The quantitative estimate of drug-likeness (QED) is 0.730. The molecule has 1 saturated heterocycles. The summed E-state index contributed by atoms with van der Waals surface area (Å²) < 4.78 is 27.8. The van der Waals surface area contributed by atoms with Crippen LogP contribution >= 0.6 is 27.3 Å². The molecule has 2 amide bonds. The summed E-state index contributed by atoms with van der Waals surface area (Å²) in [6.45, 7) is -1.28. The molecule has 0 aliphatic carbocycles. The van der Waals surface area contributed by atoms with Gasteiger partial charge in [0.1, 0.15) is 11.7 Å². The second kappa shape index (κ2) is 8.32. The third-order valence-corrected chi connectivity index (χ3v) is 5.85. The second-order valence-electron chi connectivity index (χ2n) is 6.30. The summed E-state index contributed by atoms with van der Waals surface area (Å²) in [5.74, 6) is -4.38. The van der Waals surface area contributed by atoms with Crippen molar-refractivity contribution in [1.29, 1.82) is 5.26 Å². The number of nitriles is 1. The first kappa shape index (κ1) is 20.4. The summed E-state index contributed by atoms with van der Waals surface area (Å²) in [4.78, 5) is 29.4. The minimum Gasteiger partial charge on any atom is -0.342 e. The van der Waals surface area contributed by atoms with E-state index >= 15 is 0 Å². The van der Waals surface area contributed by atoms with E-state index < -0.39 is 43.3 Å². The van der Waals surface area contributed by atoms with Crippen LogP contribution in [0.2, 0.25) is 0 Å². The molecule has 0 unspecified atom stereocenters. The molecule has 0 radical (unpaired) electrons. The molecule has 3 rings (SSSR count). The number of carbonyl (C=O) groups excluding carboxylic acids is 2. The number of likely N-dealkylation sites (tertiary alicyclic amines) is 1. The smallest absolute Gasteiger partial charge is 0.271 e. The summed E-state index contributed by atoms with van der Waals surface area (Å²) in [7, 11) is 0. The van der Waals surface area contributed by atoms with Gasteiger partial charge in [-0.1, -0.05) is 34.1 Å². The first-order valence-corrected chi connectivity index (χ1v) is 9.99. The van der Waals surface area contributed by atoms with Gasteiger partial charge in [-0.2, -0.15) is 5.26 Å². The first-order valence-electron chi connectivity index (χ1n) is 8.32. The van der Waals surface area contributed by atoms with Crippen LogP contribution in [0, 0.1) is 11.3 Å². The topological polar surface area (TPSA) is 86.1 Å². The fraction of sp³-hybridized carbons (Fsp3) is 0.333. The number of hydrogen-bond acceptors (Lipinski definition) is 5. The van der Waals surface area contributed by atoms with Crippen LogP contribution in [0.15, 0.2) is 34.1 Å². The average molecular weight is 469 g/mol. The Bertz CT molecular complexity index is 944. The minimum absolute atomic E-state index is 0.156. The van der Waals surface area contributed by atoms with Crippen molar-refractivity contribution < 1.29 is 18.4 Å². The summed E-state index contributed by atoms with van der Waals surface area (Å²) in [5.41, 5.74) is 1.18. The highest BCUT2D eigenvalue weighted by molar-refractivity contribution is 9.10. The number of nitrogens with zero attached hydrogens (tertiary/aromatic N) is 3. The van der Waals surface area contributed by atoms with Gasteiger partial charge in [-0.3, -0.25) is 9.59 Å². The fourth-order valence-electron chi connectivity index (χ4n) is 2.84. The molecule has 0 spiro atoms. The number of rotatable bonds is 5. The maximum absolute atomic E-state index is 13.4. The van der Waals surface area contributed by atoms with Crippen molar-refractivity contribution in [3.63, 3.8) is 0 Å². The number of benzene rings is 1. The molecular formula is C18H15BrF2N4O2S. The number of hydrogen-bond donors (Lipinski definition) is 1. The van der Waals surface area contributed by atoms with E-state index in [0.717, 1.165) is 19.9 Å². The van der Waals surface area contributed by atoms with E-state index in [-0.39, 0.29) is 5.69 Å². The number of halogens is 3. The van der Waals surface area contributed by atoms with Crippen molar-refractivity contribution in [3.05, 3.63) is 50.4 Å². The SMILES string of the molecule is N#C[C@@H]1CC(F)(F)CN1C(=O)CNC(=O)c1csc(Cc2ccccc2Br)n1. The van der Waals surface area contributed by atoms with E-state index in [0.29, 0.717) is 6.42 Å². The standard InChI is InChI=1S/C18H15BrF2N4O2S/c19-13-4-2-1-3-11(13)5-15-24-14(9-28-15)17(27)23-8-16(26)25-10-18(20,21)6-12(25)7-22/h1-4,9,12H,5-6,8,10H2,(H,23,27)/t12-/m0/s1. The van der Waals surface area contributed by atoms with E-state index in [1.165, 1.54) is 11.3 Å². The van der Waals surface area contributed by atoms with Gasteiger partial charge >= 0.3 is 0 Å². The number of nitrogens with one attached hydrogen (secondary N) is 1. The van der Waals surface area contributed by atoms with Crippen LogP contribution < -0.4 is 5.32 Å². The summed E-state index contributed by atoms with van der Waals surface area (Å²) >= 11 is 4.77. The third-order valence-electron chi connectivity index (χ3n) is 4.22. The van der Waals surface area contributed by atoms with Crippen LogP contribution in [0.25, 0.3) is 0 Å². The number of thiazole rings is 1. The first-order chi connectivity index (χ1) is 13.3. The number of carbonyl (C=O) groups is 2. The van der Waals surface area contributed by atoms with Crippen molar-refractivity contribution in [3.8, 4) is 6.07 Å². The van der Waals surface area contributed by atoms with Crippen LogP contribution in [0.1, 0.15) is 27.5 Å². The van der Waals surface area contributed by atoms with E-state index in [4.69, 9.17) is 5.26 Å². The molecule has 6 nitrogen and oxygen atoms in total. The molecular weight excluding hydrogens is 454 g/mol. The molecule has 1 fully saturated rings. The van der Waals surface area contributed by atoms with Gasteiger partial charge in [-0.15, -0.1) is 11.3 Å². The van der Waals surface area contributed by atoms with Crippen molar-refractivity contribution in [1.82, 2.24) is 15.2 Å². The van der Waals surface area contributed by atoms with E-state index in [1.54, 1.807) is 11.4 Å². The largest absolute Gasteiger partial charge is 0.342 e. The van der Waals surface area contributed by atoms with Gasteiger partial charge in [0.2, 0.25) is 5.91 Å². The van der Waals surface area contributed by atoms with Gasteiger partial charge in [-0.25, -0.2) is 13.8 Å². The molecule has 1 atom stereocenters. The highest BCUT2D eigenvalue weighted by atomic mass is 79.9. The molecule has 1 N–H and O–H groups in total. The molecule has 2 heterocycles. The van der Waals surface area contributed by atoms with Crippen molar-refractivity contribution in [2.45, 2.75) is 24.8 Å². The van der Waals surface area contributed by atoms with Gasteiger partial charge in [0.05, 0.1) is 24.2 Å². The van der Waals surface area contributed by atoms with Crippen molar-refractivity contribution in [2.75, 3.05) is 13.1 Å². The lowest BCUT2D eigenvalue weighted by Crippen LogP contribution is -2.43. The highest BCUT2D eigenvalue weighted by Gasteiger charge is 2.47. The summed E-state index contributed by atoms with van der Waals surface area (Å²) in [6.07, 6.45) is -0.140. The normalized spacial score (nSPS) is 17.9. The third kappa shape index (κ3) is 4.72. The highest BCUT2D eigenvalue weighted by Crippen LogP contribution is 2.31. The predicted molar refractivity (Wildman–Crippen MR) is 102 cm³/mol. The Morgan fingerprint density at radius 2 is 2.18 bits per heavy atom. The maximum atomic E-state index is 13.4. The van der Waals surface area contributed by atoms with E-state index in [1.807, 2.05) is 24.3 Å². The zero-order chi connectivity index (χ0) is 20.3. The van der Waals surface area contributed by atoms with Crippen LogP contribution in [0.5, 0.6) is 0 Å². The van der Waals surface area contributed by atoms with Crippen LogP contribution in [0.4, 0.5) is 8.78 Å². The van der Waals surface area contributed by atoms with Crippen molar-refractivity contribution >= 4 is 39.1 Å². The Kier molecular flexibility index (Phi) is 6.05. The number of aromatic nitrogens is 1. The van der Waals surface area contributed by atoms with Crippen LogP contribution in [-0.2, 0) is 11.2 Å². The van der Waals surface area contributed by atoms with Crippen LogP contribution in [-0.4, -0.2) is 46.8 Å². The average Bonchev–Trinajstić information content (AvgIpc) is 3.25. The Morgan fingerprint density at radius 1 is 1.43 bits per heavy atom. The molecule has 1 aliphatic heterocycles. The lowest BCUT2D eigenvalue weighted by Gasteiger charge is -2.19. The molecule has 1 aliphatic rings. The van der Waals surface area contributed by atoms with E-state index in [2.05, 4.69) is 26.2 Å². The lowest BCUT2D eigenvalue weighted by molar-refractivity contribution is -0.131. The van der Waals surface area contributed by atoms with Crippen LogP contribution in [0.3, 0.4) is 0 Å². The van der Waals surface area contributed by atoms with Gasteiger partial charge in [0.25, 0.3) is 11.8 Å². The Hall–Kier alpha value is -2.38. The molecule has 1 aromatic carbocycles. The minimum atomic E-state index is -3.09. The monoisotopic (exact) mass is 468 g/mol. The second-order valence-corrected chi connectivity index (χ2v) is 8.10. The van der Waals surface area contributed by atoms with Gasteiger partial charge in [0.15, 0.2) is 0 Å². The van der Waals surface area contributed by atoms with Crippen molar-refractivity contribution in [2.24, 2.45) is 0 Å². The number of alkyl halides is 2. The molecule has 28 heavy (non-hydrogen) atoms. The predicted octanol–water partition coefficient (Wildman–Crippen LogP) is 2.99. The van der Waals surface area contributed by atoms with Gasteiger partial charge in [-0.05, 0) is 11.6 Å². The molecule has 146 valence electrons. The fourth-order valence-corrected chi connectivity index (χ4v) is 4.07. The number of amides is 2. The molecule has 1 aromatic heterocycles. The zero-order valence-corrected chi connectivity index (χ0v) is 16.9. The van der Waals surface area contributed by atoms with Gasteiger partial charge < -0.3 is 10.2 Å². The molecule has 10 heteroatoms. The Morgan fingerprint density at radius 3 is 2.89 bits per heavy atom. The molecule has 2 aromatic rings. The Labute approximate surface area is 172 Å². The van der Waals surface area contributed by atoms with E-state index in [9.17, 15) is 18.4 Å². The molecule has 0 saturated carbocycles. The molecule has 0 bridgehead atoms. The van der Waals surface area contributed by atoms with Gasteiger partial charge in [0, 0.05) is 22.7 Å². The zero-order valence-electron chi connectivity index (χ0n) is 14.5. The summed E-state index contributed by atoms with van der Waals surface area (Å²) in [5, 5.41) is 13.6. The summed E-state index contributed by atoms with van der Waals surface area (Å²) in [6, 6.07) is 8.18. The lowest BCUT2D eigenvalue weighted by atomic mass is 10.2. The Balaban J connectivity index is 1.57. The maximum Gasteiger partial charge on any atom is 0.271 e.